The van der Waals surface area contributed by atoms with E-state index in [4.69, 9.17) is 0 Å². The summed E-state index contributed by atoms with van der Waals surface area (Å²) in [4.78, 5) is 39.5. The Morgan fingerprint density at radius 2 is 1.54 bits per heavy atom. The van der Waals surface area contributed by atoms with Gasteiger partial charge in [-0.05, 0) is 43.5 Å². The molecule has 0 fully saturated rings. The van der Waals surface area contributed by atoms with Crippen molar-refractivity contribution in [2.24, 2.45) is 5.92 Å². The molecule has 5 nitrogen and oxygen atoms in total. The van der Waals surface area contributed by atoms with E-state index in [0.717, 1.165) is 16.0 Å². The Bertz CT molecular complexity index is 867. The average Bonchev–Trinajstić information content (AvgIpc) is 2.83. The molecule has 0 unspecified atom stereocenters. The quantitative estimate of drug-likeness (QED) is 0.858. The Kier molecular flexibility index (Phi) is 4.64. The van der Waals surface area contributed by atoms with Gasteiger partial charge in [0.2, 0.25) is 5.91 Å². The highest BCUT2D eigenvalue weighted by atomic mass is 16.2. The third-order valence-electron chi connectivity index (χ3n) is 4.64. The fraction of sp³-hybridized carbons (Fsp3) is 0.286. The molecule has 134 valence electrons. The molecule has 5 heteroatoms. The van der Waals surface area contributed by atoms with Gasteiger partial charge in [0.15, 0.2) is 0 Å². The Balaban J connectivity index is 1.92. The number of nitrogens with zero attached hydrogens (tertiary/aromatic N) is 1. The Morgan fingerprint density at radius 1 is 0.962 bits per heavy atom. The predicted molar refractivity (Wildman–Crippen MR) is 100 cm³/mol. The maximum atomic E-state index is 13.0. The van der Waals surface area contributed by atoms with Crippen molar-refractivity contribution in [1.29, 1.82) is 0 Å². The topological polar surface area (TPSA) is 66.5 Å². The summed E-state index contributed by atoms with van der Waals surface area (Å²) in [6, 6.07) is 11.5. The number of hydrogen-bond acceptors (Lipinski definition) is 3. The van der Waals surface area contributed by atoms with Crippen LogP contribution in [0.5, 0.6) is 0 Å². The molecule has 3 rings (SSSR count). The van der Waals surface area contributed by atoms with Crippen molar-refractivity contribution >= 4 is 23.4 Å². The first-order valence-electron chi connectivity index (χ1n) is 8.66. The van der Waals surface area contributed by atoms with Gasteiger partial charge < -0.3 is 5.32 Å². The van der Waals surface area contributed by atoms with Crippen LogP contribution in [0.15, 0.2) is 42.5 Å². The minimum atomic E-state index is -0.872. The highest BCUT2D eigenvalue weighted by Crippen LogP contribution is 2.28. The fourth-order valence-corrected chi connectivity index (χ4v) is 3.34. The number of nitrogens with one attached hydrogen (secondary N) is 1. The Morgan fingerprint density at radius 3 is 2.04 bits per heavy atom. The zero-order chi connectivity index (χ0) is 19.0. The number of anilines is 1. The molecule has 1 N–H and O–H groups in total. The van der Waals surface area contributed by atoms with Crippen molar-refractivity contribution < 1.29 is 14.4 Å². The lowest BCUT2D eigenvalue weighted by Gasteiger charge is -2.28. The minimum Gasteiger partial charge on any atom is -0.324 e. The number of fused-ring (bicyclic) bond motifs is 1. The van der Waals surface area contributed by atoms with E-state index >= 15 is 0 Å². The van der Waals surface area contributed by atoms with E-state index in [1.165, 1.54) is 0 Å². The predicted octanol–water partition coefficient (Wildman–Crippen LogP) is 3.56. The smallest absolute Gasteiger partial charge is 0.262 e. The van der Waals surface area contributed by atoms with Crippen LogP contribution in [0, 0.1) is 19.8 Å². The molecule has 1 aliphatic rings. The van der Waals surface area contributed by atoms with Gasteiger partial charge in [-0.3, -0.25) is 19.3 Å². The number of amides is 3. The Hall–Kier alpha value is -2.95. The van der Waals surface area contributed by atoms with Crippen molar-refractivity contribution in [1.82, 2.24) is 4.90 Å². The SMILES string of the molecule is Cc1ccc(NC(=O)[C@H](C(C)C)N2C(=O)c3ccccc3C2=O)c(C)c1. The molecule has 0 aliphatic carbocycles. The molecule has 26 heavy (non-hydrogen) atoms. The molecule has 3 amide bonds. The fourth-order valence-electron chi connectivity index (χ4n) is 3.34. The summed E-state index contributed by atoms with van der Waals surface area (Å²) in [5, 5.41) is 2.88. The molecule has 2 aromatic rings. The second-order valence-corrected chi connectivity index (χ2v) is 7.02. The van der Waals surface area contributed by atoms with Crippen LogP contribution in [0.4, 0.5) is 5.69 Å². The van der Waals surface area contributed by atoms with E-state index in [2.05, 4.69) is 5.32 Å². The van der Waals surface area contributed by atoms with Gasteiger partial charge in [0, 0.05) is 5.69 Å². The minimum absolute atomic E-state index is 0.219. The van der Waals surface area contributed by atoms with E-state index in [1.54, 1.807) is 24.3 Å². The Labute approximate surface area is 153 Å². The zero-order valence-corrected chi connectivity index (χ0v) is 15.4. The van der Waals surface area contributed by atoms with Gasteiger partial charge in [-0.15, -0.1) is 0 Å². The van der Waals surface area contributed by atoms with Crippen molar-refractivity contribution in [2.75, 3.05) is 5.32 Å². The summed E-state index contributed by atoms with van der Waals surface area (Å²) in [7, 11) is 0. The van der Waals surface area contributed by atoms with Gasteiger partial charge in [-0.2, -0.15) is 0 Å². The van der Waals surface area contributed by atoms with E-state index < -0.39 is 17.9 Å². The molecule has 0 saturated heterocycles. The largest absolute Gasteiger partial charge is 0.324 e. The number of imide groups is 1. The first-order valence-corrected chi connectivity index (χ1v) is 8.66. The van der Waals surface area contributed by atoms with E-state index in [1.807, 2.05) is 45.9 Å². The number of carbonyl (C=O) groups excluding carboxylic acids is 3. The van der Waals surface area contributed by atoms with Gasteiger partial charge in [-0.1, -0.05) is 43.7 Å². The van der Waals surface area contributed by atoms with Crippen molar-refractivity contribution in [3.63, 3.8) is 0 Å². The van der Waals surface area contributed by atoms with Crippen LogP contribution in [0.25, 0.3) is 0 Å². The molecular weight excluding hydrogens is 328 g/mol. The summed E-state index contributed by atoms with van der Waals surface area (Å²) < 4.78 is 0. The lowest BCUT2D eigenvalue weighted by atomic mass is 10.0. The third kappa shape index (κ3) is 3.01. The van der Waals surface area contributed by atoms with Crippen LogP contribution in [0.1, 0.15) is 45.7 Å². The highest BCUT2D eigenvalue weighted by molar-refractivity contribution is 6.23. The summed E-state index contributed by atoms with van der Waals surface area (Å²) in [5.74, 6) is -1.41. The maximum Gasteiger partial charge on any atom is 0.262 e. The van der Waals surface area contributed by atoms with Crippen LogP contribution >= 0.6 is 0 Å². The van der Waals surface area contributed by atoms with Crippen LogP contribution < -0.4 is 5.32 Å². The van der Waals surface area contributed by atoms with Gasteiger partial charge in [0.25, 0.3) is 11.8 Å². The van der Waals surface area contributed by atoms with E-state index in [-0.39, 0.29) is 11.8 Å². The molecular formula is C21H22N2O3. The van der Waals surface area contributed by atoms with Gasteiger partial charge in [0.05, 0.1) is 11.1 Å². The first-order chi connectivity index (χ1) is 12.3. The second kappa shape index (κ2) is 6.75. The van der Waals surface area contributed by atoms with Crippen LogP contribution in [0.3, 0.4) is 0 Å². The molecule has 1 aliphatic heterocycles. The molecule has 0 radical (unpaired) electrons. The number of rotatable bonds is 4. The zero-order valence-electron chi connectivity index (χ0n) is 15.4. The first kappa shape index (κ1) is 17.9. The number of aryl methyl sites for hydroxylation is 2. The second-order valence-electron chi connectivity index (χ2n) is 7.02. The van der Waals surface area contributed by atoms with Crippen molar-refractivity contribution in [2.45, 2.75) is 33.7 Å². The van der Waals surface area contributed by atoms with Crippen LogP contribution in [-0.2, 0) is 4.79 Å². The molecule has 0 spiro atoms. The van der Waals surface area contributed by atoms with Gasteiger partial charge in [-0.25, -0.2) is 0 Å². The monoisotopic (exact) mass is 350 g/mol. The standard InChI is InChI=1S/C21H22N2O3/c1-12(2)18(19(24)22-17-10-9-13(3)11-14(17)4)23-20(25)15-7-5-6-8-16(15)21(23)26/h5-12,18H,1-4H3,(H,22,24)/t18-/m0/s1. The molecule has 0 aromatic heterocycles. The summed E-state index contributed by atoms with van der Waals surface area (Å²) in [5.41, 5.74) is 3.41. The maximum absolute atomic E-state index is 13.0. The summed E-state index contributed by atoms with van der Waals surface area (Å²) in [6.45, 7) is 7.55. The normalized spacial score (nSPS) is 14.6. The number of carbonyl (C=O) groups is 3. The average molecular weight is 350 g/mol. The van der Waals surface area contributed by atoms with Gasteiger partial charge >= 0.3 is 0 Å². The molecule has 0 saturated carbocycles. The third-order valence-corrected chi connectivity index (χ3v) is 4.64. The van der Waals surface area contributed by atoms with Gasteiger partial charge in [0.1, 0.15) is 6.04 Å². The summed E-state index contributed by atoms with van der Waals surface area (Å²) >= 11 is 0. The lowest BCUT2D eigenvalue weighted by Crippen LogP contribution is -2.50. The number of hydrogen-bond donors (Lipinski definition) is 1. The van der Waals surface area contributed by atoms with Crippen molar-refractivity contribution in [3.8, 4) is 0 Å². The molecule has 2 aromatic carbocycles. The van der Waals surface area contributed by atoms with E-state index in [9.17, 15) is 14.4 Å². The lowest BCUT2D eigenvalue weighted by molar-refractivity contribution is -0.121. The van der Waals surface area contributed by atoms with E-state index in [0.29, 0.717) is 16.8 Å². The van der Waals surface area contributed by atoms with Crippen LogP contribution in [-0.4, -0.2) is 28.7 Å². The summed E-state index contributed by atoms with van der Waals surface area (Å²) in [6.07, 6.45) is 0. The molecule has 0 bridgehead atoms. The number of benzene rings is 2. The highest BCUT2D eigenvalue weighted by Gasteiger charge is 2.43. The molecule has 1 atom stereocenters. The van der Waals surface area contributed by atoms with Crippen LogP contribution in [0.2, 0.25) is 0 Å². The molecule has 1 heterocycles. The van der Waals surface area contributed by atoms with Crippen molar-refractivity contribution in [3.05, 3.63) is 64.7 Å².